The lowest BCUT2D eigenvalue weighted by molar-refractivity contribution is 0.0696. The minimum atomic E-state index is -3.87. The maximum absolute atomic E-state index is 13.3. The van der Waals surface area contributed by atoms with Crippen molar-refractivity contribution in [2.24, 2.45) is 0 Å². The summed E-state index contributed by atoms with van der Waals surface area (Å²) < 4.78 is 33.0. The highest BCUT2D eigenvalue weighted by atomic mass is 32.2. The second-order valence-corrected chi connectivity index (χ2v) is 8.25. The molecule has 7 nitrogen and oxygen atoms in total. The molecule has 2 aromatic carbocycles. The summed E-state index contributed by atoms with van der Waals surface area (Å²) in [6.07, 6.45) is 3.24. The molecule has 1 N–H and O–H groups in total. The first kappa shape index (κ1) is 20.5. The van der Waals surface area contributed by atoms with Crippen LogP contribution in [0.25, 0.3) is 0 Å². The first-order valence-corrected chi connectivity index (χ1v) is 10.2. The van der Waals surface area contributed by atoms with Gasteiger partial charge < -0.3 is 9.84 Å². The highest BCUT2D eigenvalue weighted by Crippen LogP contribution is 2.22. The predicted molar refractivity (Wildman–Crippen MR) is 107 cm³/mol. The second-order valence-electron chi connectivity index (χ2n) is 6.31. The number of hydrogen-bond donors (Lipinski definition) is 1. The van der Waals surface area contributed by atoms with Crippen molar-refractivity contribution in [3.8, 4) is 5.75 Å². The van der Waals surface area contributed by atoms with Crippen molar-refractivity contribution in [3.63, 3.8) is 0 Å². The molecule has 0 aliphatic rings. The van der Waals surface area contributed by atoms with Crippen LogP contribution in [0.3, 0.4) is 0 Å². The van der Waals surface area contributed by atoms with Gasteiger partial charge in [0.2, 0.25) is 10.0 Å². The van der Waals surface area contributed by atoms with Crippen LogP contribution in [-0.2, 0) is 23.1 Å². The van der Waals surface area contributed by atoms with Gasteiger partial charge in [-0.3, -0.25) is 4.98 Å². The highest BCUT2D eigenvalue weighted by molar-refractivity contribution is 7.89. The average Bonchev–Trinajstić information content (AvgIpc) is 2.74. The first-order chi connectivity index (χ1) is 13.9. The van der Waals surface area contributed by atoms with Gasteiger partial charge >= 0.3 is 5.97 Å². The number of hydrogen-bond acceptors (Lipinski definition) is 5. The summed E-state index contributed by atoms with van der Waals surface area (Å²) in [6.45, 7) is 0.269. The molecule has 150 valence electrons. The van der Waals surface area contributed by atoms with Crippen LogP contribution in [0.4, 0.5) is 0 Å². The lowest BCUT2D eigenvalue weighted by Crippen LogP contribution is -2.30. The number of methoxy groups -OCH3 is 1. The molecule has 0 bridgehead atoms. The minimum Gasteiger partial charge on any atom is -0.497 e. The van der Waals surface area contributed by atoms with Crippen LogP contribution in [0.15, 0.2) is 78.0 Å². The summed E-state index contributed by atoms with van der Waals surface area (Å²) in [5, 5.41) is 9.04. The topological polar surface area (TPSA) is 96.8 Å². The van der Waals surface area contributed by atoms with E-state index >= 15 is 0 Å². The molecule has 0 amide bonds. The van der Waals surface area contributed by atoms with Gasteiger partial charge in [-0.25, -0.2) is 13.2 Å². The van der Waals surface area contributed by atoms with Crippen LogP contribution in [-0.4, -0.2) is 35.9 Å². The van der Waals surface area contributed by atoms with E-state index in [4.69, 9.17) is 9.84 Å². The number of carboxylic acids is 1. The van der Waals surface area contributed by atoms with Gasteiger partial charge in [0, 0.05) is 25.5 Å². The van der Waals surface area contributed by atoms with Gasteiger partial charge in [0.15, 0.2) is 0 Å². The van der Waals surface area contributed by atoms with E-state index in [9.17, 15) is 13.2 Å². The number of sulfonamides is 1. The molecule has 1 aromatic heterocycles. The van der Waals surface area contributed by atoms with Crippen molar-refractivity contribution < 1.29 is 23.1 Å². The molecule has 0 aliphatic heterocycles. The lowest BCUT2D eigenvalue weighted by atomic mass is 10.2. The standard InChI is InChI=1S/C21H20N2O5S/c1-28-19-8-4-16(5-9-19)14-23(15-17-3-2-12-22-13-17)29(26,27)20-10-6-18(7-11-20)21(24)25/h2-13H,14-15H2,1H3,(H,24,25). The number of carboxylic acid groups (broad SMARTS) is 1. The Hall–Kier alpha value is -3.23. The summed E-state index contributed by atoms with van der Waals surface area (Å²) >= 11 is 0. The summed E-state index contributed by atoms with van der Waals surface area (Å²) in [5.41, 5.74) is 1.56. The van der Waals surface area contributed by atoms with E-state index in [1.807, 2.05) is 0 Å². The monoisotopic (exact) mass is 412 g/mol. The molecule has 3 rings (SSSR count). The molecule has 0 fully saturated rings. The smallest absolute Gasteiger partial charge is 0.335 e. The third-order valence-corrected chi connectivity index (χ3v) is 6.14. The van der Waals surface area contributed by atoms with Gasteiger partial charge in [0.25, 0.3) is 0 Å². The Morgan fingerprint density at radius 3 is 2.21 bits per heavy atom. The Labute approximate surface area is 169 Å². The summed E-state index contributed by atoms with van der Waals surface area (Å²) in [5.74, 6) is -0.431. The number of benzene rings is 2. The average molecular weight is 412 g/mol. The van der Waals surface area contributed by atoms with Crippen LogP contribution >= 0.6 is 0 Å². The summed E-state index contributed by atoms with van der Waals surface area (Å²) in [4.78, 5) is 15.1. The third-order valence-electron chi connectivity index (χ3n) is 4.34. The number of aromatic carboxylic acids is 1. The summed E-state index contributed by atoms with van der Waals surface area (Å²) in [6, 6.07) is 15.9. The Bertz CT molecular complexity index is 1070. The quantitative estimate of drug-likeness (QED) is 0.610. The van der Waals surface area contributed by atoms with Crippen molar-refractivity contribution in [1.29, 1.82) is 0 Å². The Kier molecular flexibility index (Phi) is 6.26. The fourth-order valence-electron chi connectivity index (χ4n) is 2.77. The molecule has 0 radical (unpaired) electrons. The SMILES string of the molecule is COc1ccc(CN(Cc2cccnc2)S(=O)(=O)c2ccc(C(=O)O)cc2)cc1. The zero-order valence-corrected chi connectivity index (χ0v) is 16.5. The van der Waals surface area contributed by atoms with E-state index in [-0.39, 0.29) is 23.5 Å². The highest BCUT2D eigenvalue weighted by Gasteiger charge is 2.25. The normalized spacial score (nSPS) is 11.4. The van der Waals surface area contributed by atoms with Gasteiger partial charge in [-0.1, -0.05) is 18.2 Å². The molecule has 8 heteroatoms. The molecule has 1 heterocycles. The molecule has 3 aromatic rings. The van der Waals surface area contributed by atoms with Gasteiger partial charge in [-0.15, -0.1) is 0 Å². The molecule has 0 aliphatic carbocycles. The molecule has 0 saturated heterocycles. The van der Waals surface area contributed by atoms with E-state index < -0.39 is 16.0 Å². The van der Waals surface area contributed by atoms with Crippen molar-refractivity contribution >= 4 is 16.0 Å². The van der Waals surface area contributed by atoms with Crippen LogP contribution in [0, 0.1) is 0 Å². The Morgan fingerprint density at radius 1 is 1.00 bits per heavy atom. The Balaban J connectivity index is 1.94. The van der Waals surface area contributed by atoms with Crippen molar-refractivity contribution in [2.75, 3.05) is 7.11 Å². The number of aromatic nitrogens is 1. The maximum atomic E-state index is 13.3. The predicted octanol–water partition coefficient (Wildman–Crippen LogP) is 3.18. The van der Waals surface area contributed by atoms with E-state index in [1.54, 1.807) is 55.9 Å². The van der Waals surface area contributed by atoms with Crippen LogP contribution < -0.4 is 4.74 Å². The van der Waals surface area contributed by atoms with Crippen molar-refractivity contribution in [1.82, 2.24) is 9.29 Å². The zero-order valence-electron chi connectivity index (χ0n) is 15.7. The molecule has 0 spiro atoms. The number of nitrogens with zero attached hydrogens (tertiary/aromatic N) is 2. The zero-order chi connectivity index (χ0) is 20.9. The van der Waals surface area contributed by atoms with Gasteiger partial charge in [0.1, 0.15) is 5.75 Å². The van der Waals surface area contributed by atoms with E-state index in [0.717, 1.165) is 11.1 Å². The number of pyridine rings is 1. The van der Waals surface area contributed by atoms with Crippen LogP contribution in [0.2, 0.25) is 0 Å². The molecule has 0 unspecified atom stereocenters. The van der Waals surface area contributed by atoms with Gasteiger partial charge in [-0.2, -0.15) is 4.31 Å². The number of rotatable bonds is 8. The molecule has 29 heavy (non-hydrogen) atoms. The van der Waals surface area contributed by atoms with Crippen LogP contribution in [0.5, 0.6) is 5.75 Å². The van der Waals surface area contributed by atoms with Crippen molar-refractivity contribution in [2.45, 2.75) is 18.0 Å². The second kappa shape index (κ2) is 8.85. The number of carbonyl (C=O) groups is 1. The van der Waals surface area contributed by atoms with E-state index in [1.165, 1.54) is 28.6 Å². The summed E-state index contributed by atoms with van der Waals surface area (Å²) in [7, 11) is -2.31. The maximum Gasteiger partial charge on any atom is 0.335 e. The molecular weight excluding hydrogens is 392 g/mol. The molecule has 0 saturated carbocycles. The fourth-order valence-corrected chi connectivity index (χ4v) is 4.19. The largest absolute Gasteiger partial charge is 0.497 e. The van der Waals surface area contributed by atoms with Gasteiger partial charge in [-0.05, 0) is 53.6 Å². The van der Waals surface area contributed by atoms with Gasteiger partial charge in [0.05, 0.1) is 17.6 Å². The molecule has 0 atom stereocenters. The third kappa shape index (κ3) is 4.98. The molecular formula is C21H20N2O5S. The van der Waals surface area contributed by atoms with Crippen molar-refractivity contribution in [3.05, 3.63) is 89.7 Å². The number of ether oxygens (including phenoxy) is 1. The van der Waals surface area contributed by atoms with E-state index in [0.29, 0.717) is 5.75 Å². The first-order valence-electron chi connectivity index (χ1n) is 8.75. The lowest BCUT2D eigenvalue weighted by Gasteiger charge is -2.22. The fraction of sp³-hybridized carbons (Fsp3) is 0.143. The minimum absolute atomic E-state index is 0.0258. The van der Waals surface area contributed by atoms with Crippen LogP contribution in [0.1, 0.15) is 21.5 Å². The van der Waals surface area contributed by atoms with E-state index in [2.05, 4.69) is 4.98 Å². The Morgan fingerprint density at radius 2 is 1.66 bits per heavy atom.